The molecule has 0 amide bonds. The third-order valence-corrected chi connectivity index (χ3v) is 5.00. The van der Waals surface area contributed by atoms with Crippen LogP contribution < -0.4 is 9.84 Å². The molecule has 1 atom stereocenters. The van der Waals surface area contributed by atoms with Crippen molar-refractivity contribution in [2.24, 2.45) is 5.92 Å². The molecule has 0 radical (unpaired) electrons. The smallest absolute Gasteiger partial charge is 0.514 e. The van der Waals surface area contributed by atoms with Crippen LogP contribution in [0.15, 0.2) is 24.3 Å². The van der Waals surface area contributed by atoms with Gasteiger partial charge in [-0.1, -0.05) is 20.3 Å². The van der Waals surface area contributed by atoms with Gasteiger partial charge in [0.2, 0.25) is 0 Å². The highest BCUT2D eigenvalue weighted by atomic mass is 19.3. The molecular formula is C21H25F2O7-. The van der Waals surface area contributed by atoms with Crippen molar-refractivity contribution in [1.82, 2.24) is 0 Å². The van der Waals surface area contributed by atoms with Crippen molar-refractivity contribution in [3.05, 3.63) is 29.8 Å². The number of carboxylic acids is 1. The van der Waals surface area contributed by atoms with Crippen LogP contribution in [0.25, 0.3) is 0 Å². The first-order valence-electron chi connectivity index (χ1n) is 9.76. The predicted octanol–water partition coefficient (Wildman–Crippen LogP) is 3.49. The van der Waals surface area contributed by atoms with Gasteiger partial charge < -0.3 is 24.1 Å². The number of rotatable bonds is 7. The second-order valence-electron chi connectivity index (χ2n) is 7.97. The Hall–Kier alpha value is -2.71. The normalized spacial score (nSPS) is 17.1. The summed E-state index contributed by atoms with van der Waals surface area (Å²) in [7, 11) is 0. The average molecular weight is 427 g/mol. The lowest BCUT2D eigenvalue weighted by Crippen LogP contribution is -2.53. The van der Waals surface area contributed by atoms with Gasteiger partial charge in [0.05, 0.1) is 5.56 Å². The maximum Gasteiger partial charge on any atom is 0.514 e. The van der Waals surface area contributed by atoms with Crippen LogP contribution in [0.5, 0.6) is 5.75 Å². The van der Waals surface area contributed by atoms with Gasteiger partial charge >= 0.3 is 18.0 Å². The molecule has 1 aromatic carbocycles. The minimum Gasteiger partial charge on any atom is -0.544 e. The van der Waals surface area contributed by atoms with Crippen LogP contribution in [0.4, 0.5) is 13.6 Å². The zero-order valence-corrected chi connectivity index (χ0v) is 17.1. The molecule has 0 aromatic heterocycles. The summed E-state index contributed by atoms with van der Waals surface area (Å²) < 4.78 is 42.7. The Morgan fingerprint density at radius 3 is 2.13 bits per heavy atom. The molecule has 0 saturated heterocycles. The molecule has 1 aromatic rings. The zero-order chi connectivity index (χ0) is 22.5. The number of carbonyl (C=O) groups excluding carboxylic acids is 3. The Bertz CT molecular complexity index is 768. The second kappa shape index (κ2) is 9.40. The van der Waals surface area contributed by atoms with Gasteiger partial charge in [-0.25, -0.2) is 9.59 Å². The fourth-order valence-electron chi connectivity index (χ4n) is 3.31. The topological polar surface area (TPSA) is 102 Å². The van der Waals surface area contributed by atoms with Gasteiger partial charge in [0, 0.05) is 0 Å². The number of halogens is 2. The van der Waals surface area contributed by atoms with E-state index in [1.165, 1.54) is 38.1 Å². The molecule has 30 heavy (non-hydrogen) atoms. The highest BCUT2D eigenvalue weighted by molar-refractivity contribution is 5.90. The Labute approximate surface area is 173 Å². The van der Waals surface area contributed by atoms with E-state index in [0.717, 1.165) is 32.1 Å². The van der Waals surface area contributed by atoms with E-state index in [4.69, 9.17) is 14.2 Å². The number of carboxylic acid groups (broad SMARTS) is 1. The van der Waals surface area contributed by atoms with Gasteiger partial charge in [-0.05, 0) is 62.8 Å². The van der Waals surface area contributed by atoms with Gasteiger partial charge in [0.15, 0.2) is 6.10 Å². The number of alkyl halides is 2. The highest BCUT2D eigenvalue weighted by Gasteiger charge is 2.46. The van der Waals surface area contributed by atoms with E-state index >= 15 is 0 Å². The minimum atomic E-state index is -4.34. The predicted molar refractivity (Wildman–Crippen MR) is 99.0 cm³/mol. The Morgan fingerprint density at radius 1 is 1.07 bits per heavy atom. The summed E-state index contributed by atoms with van der Waals surface area (Å²) in [5.74, 6) is -8.98. The van der Waals surface area contributed by atoms with E-state index < -0.39 is 41.6 Å². The summed E-state index contributed by atoms with van der Waals surface area (Å²) in [6, 6.07) is 4.98. The SMILES string of the molecule is CC(C)C(OC(=O)c1ccc(OC(=O)OC2(C)CCCCC2)cc1)C(F)(F)C(=O)[O-]. The van der Waals surface area contributed by atoms with Crippen LogP contribution >= 0.6 is 0 Å². The second-order valence-corrected chi connectivity index (χ2v) is 7.97. The van der Waals surface area contributed by atoms with E-state index in [2.05, 4.69) is 0 Å². The van der Waals surface area contributed by atoms with Crippen LogP contribution in [0, 0.1) is 5.92 Å². The maximum atomic E-state index is 13.8. The van der Waals surface area contributed by atoms with Crippen LogP contribution in [-0.4, -0.2) is 35.7 Å². The summed E-state index contributed by atoms with van der Waals surface area (Å²) in [6.45, 7) is 4.44. The molecule has 2 rings (SSSR count). The van der Waals surface area contributed by atoms with Crippen LogP contribution in [0.3, 0.4) is 0 Å². The summed E-state index contributed by atoms with van der Waals surface area (Å²) in [4.78, 5) is 34.9. The van der Waals surface area contributed by atoms with Crippen molar-refractivity contribution in [3.8, 4) is 5.75 Å². The molecule has 1 fully saturated rings. The Morgan fingerprint density at radius 2 is 1.63 bits per heavy atom. The molecule has 0 bridgehead atoms. The summed E-state index contributed by atoms with van der Waals surface area (Å²) in [5, 5.41) is 10.7. The molecule has 0 spiro atoms. The zero-order valence-electron chi connectivity index (χ0n) is 17.1. The first-order valence-corrected chi connectivity index (χ1v) is 9.76. The molecule has 0 aliphatic heterocycles. The number of ether oxygens (including phenoxy) is 3. The maximum absolute atomic E-state index is 13.8. The minimum absolute atomic E-state index is 0.0939. The number of aliphatic carboxylic acids is 1. The van der Waals surface area contributed by atoms with Crippen molar-refractivity contribution in [3.63, 3.8) is 0 Å². The Balaban J connectivity index is 1.99. The summed E-state index contributed by atoms with van der Waals surface area (Å²) in [5.41, 5.74) is -0.690. The van der Waals surface area contributed by atoms with Gasteiger partial charge in [-0.3, -0.25) is 0 Å². The number of esters is 1. The van der Waals surface area contributed by atoms with Gasteiger partial charge in [0.1, 0.15) is 17.3 Å². The number of hydrogen-bond acceptors (Lipinski definition) is 7. The van der Waals surface area contributed by atoms with E-state index in [0.29, 0.717) is 0 Å². The Kier molecular flexibility index (Phi) is 7.39. The molecule has 7 nitrogen and oxygen atoms in total. The standard InChI is InChI=1S/C21H26F2O7/c1-13(2)16(21(22,23)18(25)26)29-17(24)14-7-9-15(10-8-14)28-19(27)30-20(3)11-5-4-6-12-20/h7-10,13,16H,4-6,11-12H2,1-3H3,(H,25,26)/p-1. The lowest BCUT2D eigenvalue weighted by Gasteiger charge is -2.32. The van der Waals surface area contributed by atoms with E-state index in [1.807, 2.05) is 6.92 Å². The largest absolute Gasteiger partial charge is 0.544 e. The van der Waals surface area contributed by atoms with Crippen molar-refractivity contribution in [1.29, 1.82) is 0 Å². The third-order valence-electron chi connectivity index (χ3n) is 5.00. The van der Waals surface area contributed by atoms with E-state index in [-0.39, 0.29) is 11.3 Å². The fraction of sp³-hybridized carbons (Fsp3) is 0.571. The van der Waals surface area contributed by atoms with Crippen molar-refractivity contribution in [2.45, 2.75) is 70.5 Å². The first kappa shape index (κ1) is 23.6. The van der Waals surface area contributed by atoms with E-state index in [1.54, 1.807) is 0 Å². The monoisotopic (exact) mass is 427 g/mol. The van der Waals surface area contributed by atoms with E-state index in [9.17, 15) is 28.3 Å². The number of benzene rings is 1. The van der Waals surface area contributed by atoms with Crippen LogP contribution in [0.1, 0.15) is 63.2 Å². The van der Waals surface area contributed by atoms with Gasteiger partial charge in [-0.15, -0.1) is 0 Å². The lowest BCUT2D eigenvalue weighted by atomic mass is 9.86. The van der Waals surface area contributed by atoms with Crippen LogP contribution in [0.2, 0.25) is 0 Å². The quantitative estimate of drug-likeness (QED) is 0.485. The van der Waals surface area contributed by atoms with Gasteiger partial charge in [0.25, 0.3) is 0 Å². The first-order chi connectivity index (χ1) is 13.9. The summed E-state index contributed by atoms with van der Waals surface area (Å²) >= 11 is 0. The van der Waals surface area contributed by atoms with Gasteiger partial charge in [-0.2, -0.15) is 8.78 Å². The van der Waals surface area contributed by atoms with Crippen LogP contribution in [-0.2, 0) is 14.3 Å². The van der Waals surface area contributed by atoms with Crippen molar-refractivity contribution in [2.75, 3.05) is 0 Å². The van der Waals surface area contributed by atoms with Crippen molar-refractivity contribution < 1.29 is 42.5 Å². The number of hydrogen-bond donors (Lipinski definition) is 0. The lowest BCUT2D eigenvalue weighted by molar-refractivity contribution is -0.337. The molecule has 1 aliphatic carbocycles. The van der Waals surface area contributed by atoms with Crippen molar-refractivity contribution >= 4 is 18.1 Å². The molecule has 1 saturated carbocycles. The molecular weight excluding hydrogens is 402 g/mol. The highest BCUT2D eigenvalue weighted by Crippen LogP contribution is 2.32. The average Bonchev–Trinajstić information content (AvgIpc) is 2.66. The molecule has 1 aliphatic rings. The molecule has 1 unspecified atom stereocenters. The molecule has 166 valence electrons. The third kappa shape index (κ3) is 5.90. The molecule has 0 N–H and O–H groups in total. The number of carbonyl (C=O) groups is 3. The molecule has 0 heterocycles. The molecule has 9 heteroatoms. The summed E-state index contributed by atoms with van der Waals surface area (Å²) in [6.07, 6.45) is 1.46. The fourth-order valence-corrected chi connectivity index (χ4v) is 3.31.